The van der Waals surface area contributed by atoms with Crippen molar-refractivity contribution in [2.24, 2.45) is 5.41 Å². The van der Waals surface area contributed by atoms with Gasteiger partial charge in [-0.15, -0.1) is 6.58 Å². The van der Waals surface area contributed by atoms with Gasteiger partial charge in [0, 0.05) is 27.8 Å². The van der Waals surface area contributed by atoms with Gasteiger partial charge in [0.1, 0.15) is 17.5 Å². The van der Waals surface area contributed by atoms with Crippen LogP contribution < -0.4 is 5.32 Å². The second-order valence-corrected chi connectivity index (χ2v) is 6.22. The number of carbonyl (C=O) groups is 2. The minimum Gasteiger partial charge on any atom is -0.388 e. The molecule has 2 rings (SSSR count). The largest absolute Gasteiger partial charge is 0.388 e. The first-order valence-corrected chi connectivity index (χ1v) is 8.70. The Hall–Kier alpha value is -1.82. The van der Waals surface area contributed by atoms with Crippen LogP contribution in [0.5, 0.6) is 0 Å². The minimum atomic E-state index is -0.872. The van der Waals surface area contributed by atoms with Gasteiger partial charge in [0.05, 0.1) is 12.6 Å². The molecule has 1 aliphatic carbocycles. The number of methoxy groups -OCH3 is 2. The molecule has 0 aliphatic heterocycles. The monoisotopic (exact) mass is 363 g/mol. The normalized spacial score (nSPS) is 19.5. The Kier molecular flexibility index (Phi) is 12.5. The molecule has 0 heterocycles. The Balaban J connectivity index is 0.000000663. The van der Waals surface area contributed by atoms with E-state index in [1.165, 1.54) is 0 Å². The number of ketones is 1. The maximum atomic E-state index is 12.1. The fourth-order valence-corrected chi connectivity index (χ4v) is 3.10. The van der Waals surface area contributed by atoms with Crippen LogP contribution in [0.3, 0.4) is 0 Å². The van der Waals surface area contributed by atoms with Crippen LogP contribution in [0.25, 0.3) is 0 Å². The van der Waals surface area contributed by atoms with Gasteiger partial charge in [-0.25, -0.2) is 0 Å². The van der Waals surface area contributed by atoms with Crippen molar-refractivity contribution in [2.75, 3.05) is 35.0 Å². The van der Waals surface area contributed by atoms with Gasteiger partial charge in [-0.05, 0) is 32.4 Å². The molecule has 0 aromatic heterocycles. The first-order chi connectivity index (χ1) is 12.5. The number of Topliss-reactive ketones (excluding diaryl/α,β-unsaturated/α-hetero) is 1. The third-order valence-electron chi connectivity index (χ3n) is 4.19. The molecular formula is C21H33NO4. The Labute approximate surface area is 157 Å². The fourth-order valence-electron chi connectivity index (χ4n) is 3.10. The fraction of sp³-hybridized carbons (Fsp3) is 0.524. The van der Waals surface area contributed by atoms with E-state index in [1.54, 1.807) is 27.4 Å². The maximum Gasteiger partial charge on any atom is 0.148 e. The number of aldehydes is 1. The molecule has 2 unspecified atom stereocenters. The lowest BCUT2D eigenvalue weighted by atomic mass is 9.76. The summed E-state index contributed by atoms with van der Waals surface area (Å²) in [5, 5.41) is 3.16. The maximum absolute atomic E-state index is 12.1. The SMILES string of the molecule is C=CCOC.CNC(c1cccc(C)c1)C1(C=O)CCCC1=O.COC. The highest BCUT2D eigenvalue weighted by molar-refractivity contribution is 6.00. The molecule has 1 aromatic carbocycles. The van der Waals surface area contributed by atoms with E-state index in [4.69, 9.17) is 0 Å². The van der Waals surface area contributed by atoms with Gasteiger partial charge >= 0.3 is 0 Å². The number of hydrogen-bond donors (Lipinski definition) is 1. The summed E-state index contributed by atoms with van der Waals surface area (Å²) in [6, 6.07) is 7.78. The molecule has 1 N–H and O–H groups in total. The third-order valence-corrected chi connectivity index (χ3v) is 4.19. The van der Waals surface area contributed by atoms with Crippen LogP contribution in [0, 0.1) is 12.3 Å². The Morgan fingerprint density at radius 1 is 1.35 bits per heavy atom. The van der Waals surface area contributed by atoms with E-state index >= 15 is 0 Å². The average molecular weight is 363 g/mol. The van der Waals surface area contributed by atoms with E-state index in [-0.39, 0.29) is 11.8 Å². The number of carbonyl (C=O) groups excluding carboxylic acids is 2. The predicted octanol–water partition coefficient (Wildman–Crippen LogP) is 3.28. The van der Waals surface area contributed by atoms with E-state index in [0.29, 0.717) is 19.4 Å². The molecule has 0 amide bonds. The Morgan fingerprint density at radius 2 is 2.00 bits per heavy atom. The van der Waals surface area contributed by atoms with Crippen LogP contribution >= 0.6 is 0 Å². The van der Waals surface area contributed by atoms with Crippen LogP contribution in [0.1, 0.15) is 36.4 Å². The molecule has 26 heavy (non-hydrogen) atoms. The zero-order valence-electron chi connectivity index (χ0n) is 16.7. The van der Waals surface area contributed by atoms with Gasteiger partial charge in [-0.1, -0.05) is 35.9 Å². The van der Waals surface area contributed by atoms with E-state index in [2.05, 4.69) is 21.4 Å². The lowest BCUT2D eigenvalue weighted by Crippen LogP contribution is -2.41. The predicted molar refractivity (Wildman–Crippen MR) is 105 cm³/mol. The highest BCUT2D eigenvalue weighted by Gasteiger charge is 2.48. The van der Waals surface area contributed by atoms with E-state index in [9.17, 15) is 9.59 Å². The molecule has 1 aromatic rings. The smallest absolute Gasteiger partial charge is 0.148 e. The van der Waals surface area contributed by atoms with Crippen molar-refractivity contribution < 1.29 is 19.1 Å². The van der Waals surface area contributed by atoms with Crippen LogP contribution in [-0.2, 0) is 19.1 Å². The van der Waals surface area contributed by atoms with E-state index in [1.807, 2.05) is 38.2 Å². The standard InChI is InChI=1S/C15H19NO2.C4H8O.C2H6O/c1-11-5-3-6-12(9-11)14(16-2)15(10-17)8-4-7-13(15)18;1-3-4-5-2;1-3-2/h3,5-6,9-10,14,16H,4,7-8H2,1-2H3;3H,1,4H2,2H3;1-2H3. The van der Waals surface area contributed by atoms with E-state index in [0.717, 1.165) is 23.8 Å². The molecule has 1 fully saturated rings. The summed E-state index contributed by atoms with van der Waals surface area (Å²) >= 11 is 0. The molecule has 5 nitrogen and oxygen atoms in total. The summed E-state index contributed by atoms with van der Waals surface area (Å²) in [5.74, 6) is 0.0679. The highest BCUT2D eigenvalue weighted by Crippen LogP contribution is 2.43. The number of ether oxygens (including phenoxy) is 2. The molecular weight excluding hydrogens is 330 g/mol. The van der Waals surface area contributed by atoms with Crippen LogP contribution in [0.2, 0.25) is 0 Å². The second kappa shape index (κ2) is 13.4. The van der Waals surface area contributed by atoms with E-state index < -0.39 is 5.41 Å². The molecule has 0 radical (unpaired) electrons. The van der Waals surface area contributed by atoms with Crippen molar-refractivity contribution in [1.82, 2.24) is 5.32 Å². The van der Waals surface area contributed by atoms with Gasteiger partial charge in [0.2, 0.25) is 0 Å². The Bertz CT molecular complexity index is 559. The first-order valence-electron chi connectivity index (χ1n) is 8.70. The number of rotatable bonds is 6. The van der Waals surface area contributed by atoms with Gasteiger partial charge in [-0.2, -0.15) is 0 Å². The number of benzene rings is 1. The second-order valence-electron chi connectivity index (χ2n) is 6.22. The molecule has 0 spiro atoms. The lowest BCUT2D eigenvalue weighted by molar-refractivity contribution is -0.134. The highest BCUT2D eigenvalue weighted by atomic mass is 16.5. The minimum absolute atomic E-state index is 0.0679. The van der Waals surface area contributed by atoms with Crippen LogP contribution in [-0.4, -0.2) is 47.1 Å². The van der Waals surface area contributed by atoms with Gasteiger partial charge in [0.15, 0.2) is 0 Å². The molecule has 1 aliphatic rings. The summed E-state index contributed by atoms with van der Waals surface area (Å²) in [7, 11) is 6.70. The van der Waals surface area contributed by atoms with Crippen molar-refractivity contribution in [3.05, 3.63) is 48.0 Å². The molecule has 146 valence electrons. The van der Waals surface area contributed by atoms with Gasteiger partial charge in [0.25, 0.3) is 0 Å². The average Bonchev–Trinajstić information content (AvgIpc) is 2.99. The summed E-state index contributed by atoms with van der Waals surface area (Å²) in [6.07, 6.45) is 4.53. The molecule has 0 bridgehead atoms. The number of aryl methyl sites for hydroxylation is 1. The quantitative estimate of drug-likeness (QED) is 0.477. The zero-order chi connectivity index (χ0) is 20.0. The van der Waals surface area contributed by atoms with Crippen molar-refractivity contribution in [1.29, 1.82) is 0 Å². The lowest BCUT2D eigenvalue weighted by Gasteiger charge is -2.31. The van der Waals surface area contributed by atoms with Crippen LogP contribution in [0.15, 0.2) is 36.9 Å². The van der Waals surface area contributed by atoms with Gasteiger partial charge in [-0.3, -0.25) is 4.79 Å². The van der Waals surface area contributed by atoms with Crippen molar-refractivity contribution >= 4 is 12.1 Å². The number of nitrogens with one attached hydrogen (secondary N) is 1. The van der Waals surface area contributed by atoms with Crippen molar-refractivity contribution in [2.45, 2.75) is 32.2 Å². The topological polar surface area (TPSA) is 64.6 Å². The molecule has 5 heteroatoms. The number of hydrogen-bond acceptors (Lipinski definition) is 5. The molecule has 1 saturated carbocycles. The van der Waals surface area contributed by atoms with Crippen molar-refractivity contribution in [3.63, 3.8) is 0 Å². The molecule has 0 saturated heterocycles. The summed E-state index contributed by atoms with van der Waals surface area (Å²) in [4.78, 5) is 23.7. The third kappa shape index (κ3) is 6.83. The summed E-state index contributed by atoms with van der Waals surface area (Å²) < 4.78 is 8.82. The van der Waals surface area contributed by atoms with Crippen molar-refractivity contribution in [3.8, 4) is 0 Å². The molecule has 2 atom stereocenters. The first kappa shape index (κ1) is 24.2. The van der Waals surface area contributed by atoms with Gasteiger partial charge < -0.3 is 19.6 Å². The van der Waals surface area contributed by atoms with Crippen LogP contribution in [0.4, 0.5) is 0 Å². The Morgan fingerprint density at radius 3 is 2.35 bits per heavy atom. The zero-order valence-corrected chi connectivity index (χ0v) is 16.7. The summed E-state index contributed by atoms with van der Waals surface area (Å²) in [5.41, 5.74) is 1.28. The summed E-state index contributed by atoms with van der Waals surface area (Å²) in [6.45, 7) is 6.09.